The number of halogens is 3. The quantitative estimate of drug-likeness (QED) is 0.718. The average molecular weight is 283 g/mol. The first-order valence-electron chi connectivity index (χ1n) is 4.80. The van der Waals surface area contributed by atoms with Crippen molar-refractivity contribution in [1.29, 1.82) is 0 Å². The standard InChI is InChI=1S/C9H12F3N3O2S/c10-9(11,12)7-5-6(13)1-2-8(7)15-3-4-18(14,16)17/h1-2,5,15H,3-4,13H2,(H2,14,16,17). The monoisotopic (exact) mass is 283 g/mol. The molecule has 1 rings (SSSR count). The molecule has 0 spiro atoms. The molecule has 5 nitrogen and oxygen atoms in total. The van der Waals surface area contributed by atoms with E-state index in [1.165, 1.54) is 6.07 Å². The zero-order valence-corrected chi connectivity index (χ0v) is 9.98. The highest BCUT2D eigenvalue weighted by atomic mass is 32.2. The number of nitrogen functional groups attached to an aromatic ring is 1. The summed E-state index contributed by atoms with van der Waals surface area (Å²) in [6.45, 7) is -0.216. The number of anilines is 2. The molecule has 9 heteroatoms. The van der Waals surface area contributed by atoms with Crippen LogP contribution in [0.2, 0.25) is 0 Å². The van der Waals surface area contributed by atoms with Crippen LogP contribution in [0.5, 0.6) is 0 Å². The van der Waals surface area contributed by atoms with Crippen molar-refractivity contribution in [2.24, 2.45) is 5.14 Å². The van der Waals surface area contributed by atoms with Crippen LogP contribution in [0, 0.1) is 0 Å². The SMILES string of the molecule is Nc1ccc(NCCS(N)(=O)=O)c(C(F)(F)F)c1. The Morgan fingerprint density at radius 1 is 1.28 bits per heavy atom. The van der Waals surface area contributed by atoms with E-state index in [4.69, 9.17) is 10.9 Å². The van der Waals surface area contributed by atoms with Gasteiger partial charge in [-0.25, -0.2) is 13.6 Å². The Bertz CT molecular complexity index is 528. The van der Waals surface area contributed by atoms with Crippen molar-refractivity contribution in [2.75, 3.05) is 23.3 Å². The van der Waals surface area contributed by atoms with Crippen LogP contribution in [-0.4, -0.2) is 20.7 Å². The molecule has 0 saturated heterocycles. The van der Waals surface area contributed by atoms with Crippen LogP contribution >= 0.6 is 0 Å². The fraction of sp³-hybridized carbons (Fsp3) is 0.333. The normalized spacial score (nSPS) is 12.4. The Labute approximate surface area is 102 Å². The predicted octanol–water partition coefficient (Wildman–Crippen LogP) is 0.988. The van der Waals surface area contributed by atoms with Gasteiger partial charge >= 0.3 is 6.18 Å². The lowest BCUT2D eigenvalue weighted by molar-refractivity contribution is -0.136. The van der Waals surface area contributed by atoms with Crippen molar-refractivity contribution < 1.29 is 21.6 Å². The summed E-state index contributed by atoms with van der Waals surface area (Å²) < 4.78 is 59.3. The molecule has 0 aliphatic carbocycles. The van der Waals surface area contributed by atoms with Gasteiger partial charge in [-0.15, -0.1) is 0 Å². The summed E-state index contributed by atoms with van der Waals surface area (Å²) in [7, 11) is -3.72. The van der Waals surface area contributed by atoms with E-state index in [1.54, 1.807) is 0 Å². The van der Waals surface area contributed by atoms with Crippen LogP contribution < -0.4 is 16.2 Å². The van der Waals surface area contributed by atoms with Gasteiger partial charge in [0.1, 0.15) is 0 Å². The first-order chi connectivity index (χ1) is 8.09. The van der Waals surface area contributed by atoms with E-state index in [2.05, 4.69) is 5.32 Å². The first kappa shape index (κ1) is 14.6. The molecule has 0 amide bonds. The molecule has 0 bridgehead atoms. The van der Waals surface area contributed by atoms with E-state index in [1.807, 2.05) is 0 Å². The topological polar surface area (TPSA) is 98.2 Å². The van der Waals surface area contributed by atoms with Gasteiger partial charge in [-0.1, -0.05) is 0 Å². The highest BCUT2D eigenvalue weighted by Crippen LogP contribution is 2.35. The van der Waals surface area contributed by atoms with Gasteiger partial charge in [0.05, 0.1) is 11.3 Å². The number of hydrogen-bond donors (Lipinski definition) is 3. The Balaban J connectivity index is 2.89. The predicted molar refractivity (Wildman–Crippen MR) is 62.3 cm³/mol. The van der Waals surface area contributed by atoms with Crippen molar-refractivity contribution >= 4 is 21.4 Å². The molecule has 0 aliphatic rings. The van der Waals surface area contributed by atoms with Crippen LogP contribution in [-0.2, 0) is 16.2 Å². The number of benzene rings is 1. The maximum atomic E-state index is 12.7. The molecule has 0 heterocycles. The minimum atomic E-state index is -4.57. The van der Waals surface area contributed by atoms with E-state index in [0.717, 1.165) is 12.1 Å². The molecule has 18 heavy (non-hydrogen) atoms. The van der Waals surface area contributed by atoms with Gasteiger partial charge in [0.25, 0.3) is 0 Å². The van der Waals surface area contributed by atoms with Gasteiger partial charge in [0, 0.05) is 17.9 Å². The van der Waals surface area contributed by atoms with Crippen molar-refractivity contribution in [3.63, 3.8) is 0 Å². The van der Waals surface area contributed by atoms with Crippen molar-refractivity contribution in [3.05, 3.63) is 23.8 Å². The fourth-order valence-electron chi connectivity index (χ4n) is 1.28. The molecular weight excluding hydrogens is 271 g/mol. The number of primary sulfonamides is 1. The lowest BCUT2D eigenvalue weighted by atomic mass is 10.1. The van der Waals surface area contributed by atoms with Crippen LogP contribution in [0.25, 0.3) is 0 Å². The lowest BCUT2D eigenvalue weighted by Crippen LogP contribution is -2.23. The molecule has 0 aliphatic heterocycles. The molecule has 1 aromatic rings. The summed E-state index contributed by atoms with van der Waals surface area (Å²) in [5, 5.41) is 7.11. The number of nitrogens with two attached hydrogens (primary N) is 2. The fourth-order valence-corrected chi connectivity index (χ4v) is 1.67. The van der Waals surface area contributed by atoms with E-state index in [0.29, 0.717) is 0 Å². The number of alkyl halides is 3. The molecule has 0 saturated carbocycles. The first-order valence-corrected chi connectivity index (χ1v) is 6.52. The van der Waals surface area contributed by atoms with E-state index in [9.17, 15) is 21.6 Å². The highest BCUT2D eigenvalue weighted by molar-refractivity contribution is 7.89. The molecular formula is C9H12F3N3O2S. The number of sulfonamides is 1. The second-order valence-corrected chi connectivity index (χ2v) is 5.33. The number of rotatable bonds is 4. The van der Waals surface area contributed by atoms with Crippen LogP contribution in [0.4, 0.5) is 24.5 Å². The maximum Gasteiger partial charge on any atom is 0.418 e. The van der Waals surface area contributed by atoms with E-state index >= 15 is 0 Å². The average Bonchev–Trinajstić information content (AvgIpc) is 2.17. The summed E-state index contributed by atoms with van der Waals surface area (Å²) >= 11 is 0. The van der Waals surface area contributed by atoms with E-state index in [-0.39, 0.29) is 17.9 Å². The Kier molecular flexibility index (Phi) is 4.07. The second-order valence-electron chi connectivity index (χ2n) is 3.60. The van der Waals surface area contributed by atoms with Crippen molar-refractivity contribution in [1.82, 2.24) is 0 Å². The Morgan fingerprint density at radius 3 is 2.39 bits per heavy atom. The molecule has 102 valence electrons. The summed E-state index contributed by atoms with van der Waals surface area (Å²) in [6, 6.07) is 3.20. The zero-order valence-electron chi connectivity index (χ0n) is 9.16. The number of hydrogen-bond acceptors (Lipinski definition) is 4. The van der Waals surface area contributed by atoms with Gasteiger partial charge in [-0.2, -0.15) is 13.2 Å². The summed E-state index contributed by atoms with van der Waals surface area (Å²) in [5.74, 6) is -0.464. The summed E-state index contributed by atoms with van der Waals surface area (Å²) in [5.41, 5.74) is 4.07. The molecule has 0 fully saturated rings. The lowest BCUT2D eigenvalue weighted by Gasteiger charge is -2.14. The minimum absolute atomic E-state index is 0.0284. The third kappa shape index (κ3) is 4.41. The summed E-state index contributed by atoms with van der Waals surface area (Å²) in [6.07, 6.45) is -4.57. The Hall–Kier alpha value is -1.48. The van der Waals surface area contributed by atoms with Gasteiger partial charge in [0.15, 0.2) is 0 Å². The molecule has 1 aromatic carbocycles. The zero-order chi connectivity index (χ0) is 14.0. The Morgan fingerprint density at radius 2 is 1.89 bits per heavy atom. The van der Waals surface area contributed by atoms with Crippen LogP contribution in [0.1, 0.15) is 5.56 Å². The number of nitrogens with one attached hydrogen (secondary N) is 1. The van der Waals surface area contributed by atoms with Gasteiger partial charge in [0.2, 0.25) is 10.0 Å². The molecule has 0 aromatic heterocycles. The van der Waals surface area contributed by atoms with Gasteiger partial charge in [-0.3, -0.25) is 0 Å². The molecule has 0 unspecified atom stereocenters. The third-order valence-corrected chi connectivity index (χ3v) is 2.82. The minimum Gasteiger partial charge on any atom is -0.399 e. The largest absolute Gasteiger partial charge is 0.418 e. The van der Waals surface area contributed by atoms with Gasteiger partial charge in [-0.05, 0) is 18.2 Å². The van der Waals surface area contributed by atoms with Crippen LogP contribution in [0.15, 0.2) is 18.2 Å². The van der Waals surface area contributed by atoms with Crippen molar-refractivity contribution in [3.8, 4) is 0 Å². The van der Waals surface area contributed by atoms with E-state index < -0.39 is 27.5 Å². The molecule has 0 radical (unpaired) electrons. The van der Waals surface area contributed by atoms with Crippen molar-refractivity contribution in [2.45, 2.75) is 6.18 Å². The molecule has 5 N–H and O–H groups in total. The second kappa shape index (κ2) is 5.02. The van der Waals surface area contributed by atoms with Gasteiger partial charge < -0.3 is 11.1 Å². The maximum absolute atomic E-state index is 12.7. The van der Waals surface area contributed by atoms with Crippen LogP contribution in [0.3, 0.4) is 0 Å². The summed E-state index contributed by atoms with van der Waals surface area (Å²) in [4.78, 5) is 0. The highest BCUT2D eigenvalue weighted by Gasteiger charge is 2.33. The smallest absolute Gasteiger partial charge is 0.399 e. The molecule has 0 atom stereocenters. The third-order valence-electron chi connectivity index (χ3n) is 2.05.